The second-order valence-corrected chi connectivity index (χ2v) is 51.5. The molecule has 4 saturated heterocycles. The zero-order valence-corrected chi connectivity index (χ0v) is 90.3. The fourth-order valence-electron chi connectivity index (χ4n) is 23.5. The van der Waals surface area contributed by atoms with Crippen molar-refractivity contribution in [2.75, 3.05) is 6.61 Å². The molecule has 4 heterocycles. The van der Waals surface area contributed by atoms with Crippen LogP contribution in [-0.4, -0.2) is 164 Å². The zero-order valence-electron chi connectivity index (χ0n) is 90.3. The Balaban J connectivity index is 0.000000176. The summed E-state index contributed by atoms with van der Waals surface area (Å²) in [5.74, 6) is 2.01. The Labute approximate surface area is 821 Å². The maximum absolute atomic E-state index is 12.4. The normalized spacial score (nSPS) is 33.7. The van der Waals surface area contributed by atoms with Crippen LogP contribution in [0.1, 0.15) is 433 Å². The monoisotopic (exact) mass is 1930 g/mol. The minimum absolute atomic E-state index is 0.0226. The average Bonchev–Trinajstić information content (AvgIpc) is 1.68. The molecule has 137 heavy (non-hydrogen) atoms. The fourth-order valence-corrected chi connectivity index (χ4v) is 23.5. The van der Waals surface area contributed by atoms with E-state index in [-0.39, 0.29) is 153 Å². The van der Waals surface area contributed by atoms with Crippen LogP contribution in [0.3, 0.4) is 0 Å². The predicted octanol–water partition coefficient (Wildman–Crippen LogP) is 21.5. The van der Waals surface area contributed by atoms with Crippen molar-refractivity contribution < 1.29 is 125 Å². The Morgan fingerprint density at radius 3 is 1.00 bits per heavy atom. The number of carbonyl (C=O) groups excluding carboxylic acids is 12. The van der Waals surface area contributed by atoms with E-state index in [9.17, 15) is 67.7 Å². The molecule has 0 spiro atoms. The topological polar surface area (TPSA) is 356 Å². The van der Waals surface area contributed by atoms with Crippen LogP contribution in [0.2, 0.25) is 0 Å². The molecular weight excluding hydrogens is 1750 g/mol. The molecule has 4 aliphatic heterocycles. The number of ether oxygens (including phenoxy) is 12. The minimum Gasteiger partial charge on any atom is -0.463 e. The SMILES string of the molecule is CCC(C)(C)C(=O)OC1(C(C)(C)C)CCCC1.CCC(C)(C)C(=O)OC1(C(C)C)CCCC1.CCC(C)(C)C(=O)OC1(C)CC(=O)OC1C.CCC(C)(C)C(=O)OC12CC3CC(CC(O)(C3)C1)C2.CCC(C)(C)C(=O)OC12CC3CC(CC(O)(C3)C1)C2.CCC(C)(C)C(=O)OC1C2CC3C(=O)OC1C3C2.CCC(C)(C)C(=O)OC1C2CC3C(=O)OC1C3C2.CCC(C)(C)C(=O)OC1CCOC1=O. The number of esters is 12. The van der Waals surface area contributed by atoms with E-state index in [1.165, 1.54) is 38.5 Å². The summed E-state index contributed by atoms with van der Waals surface area (Å²) in [4.78, 5) is 142. The lowest BCUT2D eigenvalue weighted by Crippen LogP contribution is -2.61. The van der Waals surface area contributed by atoms with Crippen LogP contribution in [0.15, 0.2) is 0 Å². The summed E-state index contributed by atoms with van der Waals surface area (Å²) in [5.41, 5.74) is -6.51. The molecule has 0 aromatic heterocycles. The zero-order chi connectivity index (χ0) is 103. The lowest BCUT2D eigenvalue weighted by atomic mass is 9.52. The van der Waals surface area contributed by atoms with Gasteiger partial charge in [0, 0.05) is 48.3 Å². The maximum atomic E-state index is 12.4. The van der Waals surface area contributed by atoms with Gasteiger partial charge >= 0.3 is 71.6 Å². The number of cyclic esters (lactones) is 2. The Morgan fingerprint density at radius 1 is 0.387 bits per heavy atom. The van der Waals surface area contributed by atoms with E-state index in [0.717, 1.165) is 141 Å². The number of carbonyl (C=O) groups is 12. The number of fused-ring (bicyclic) bond motifs is 2. The van der Waals surface area contributed by atoms with E-state index in [0.29, 0.717) is 92.0 Å². The molecule has 0 aromatic carbocycles. The van der Waals surface area contributed by atoms with Crippen LogP contribution >= 0.6 is 0 Å². The lowest BCUT2D eigenvalue weighted by molar-refractivity contribution is -0.226. The first kappa shape index (κ1) is 114. The third-order valence-electron chi connectivity index (χ3n) is 36.4. The van der Waals surface area contributed by atoms with E-state index in [4.69, 9.17) is 56.8 Å². The van der Waals surface area contributed by atoms with Gasteiger partial charge in [0.05, 0.1) is 79.4 Å². The Kier molecular flexibility index (Phi) is 35.7. The van der Waals surface area contributed by atoms with Gasteiger partial charge in [-0.15, -0.1) is 0 Å². The van der Waals surface area contributed by atoms with Crippen LogP contribution in [0, 0.1) is 114 Å². The first-order valence-electron chi connectivity index (χ1n) is 53.1. The largest absolute Gasteiger partial charge is 0.463 e. The molecule has 18 fully saturated rings. The molecule has 18 rings (SSSR count). The molecule has 14 saturated carbocycles. The van der Waals surface area contributed by atoms with Crippen molar-refractivity contribution in [1.29, 1.82) is 0 Å². The van der Waals surface area contributed by atoms with Gasteiger partial charge in [0.2, 0.25) is 6.10 Å². The molecule has 0 radical (unpaired) electrons. The second-order valence-electron chi connectivity index (χ2n) is 51.5. The highest BCUT2D eigenvalue weighted by atomic mass is 16.6. The van der Waals surface area contributed by atoms with E-state index < -0.39 is 61.4 Å². The standard InChI is InChI=1S/2C16H26O3.C15H28O2.2C14H20O4.C14H26O2.C12H20O4.C10H16O4/c2*1-4-14(2,3)13(17)19-16-8-11-5-12(9-16)7-15(18,6-11)10-16;1-7-14(5,6)12(16)17-15(13(2,3)4)10-8-9-11-15;2*1-4-14(2,3)13(16)18-10-7-5-8-9(6-7)12(15)17-11(8)10;1-6-13(4,5)12(15)16-14(11(2)3)9-7-8-10-14;1-6-11(3,4)10(14)16-12(5)7-9(13)15-8(12)2;1-4-10(2,3)9(12)14-7-5-6-13-8(7)11/h2*11-12,18H,4-10H2,1-3H3;7-11H2,1-6H3;2*7-11H,4-6H2,1-3H3;11H,6-10H2,1-5H3;8H,6-7H2,1-5H3;7H,4-6H2,1-3H3. The predicted molar refractivity (Wildman–Crippen MR) is 517 cm³/mol. The molecule has 0 aromatic rings. The summed E-state index contributed by atoms with van der Waals surface area (Å²) in [6.07, 6.45) is 28.7. The highest BCUT2D eigenvalue weighted by Gasteiger charge is 2.67. The third-order valence-corrected chi connectivity index (χ3v) is 36.4. The maximum Gasteiger partial charge on any atom is 0.347 e. The molecule has 26 nitrogen and oxygen atoms in total. The average molecular weight is 1930 g/mol. The van der Waals surface area contributed by atoms with E-state index in [1.807, 2.05) is 152 Å². The summed E-state index contributed by atoms with van der Waals surface area (Å²) in [5, 5.41) is 21.3. The molecule has 14 aliphatic carbocycles. The summed E-state index contributed by atoms with van der Waals surface area (Å²) >= 11 is 0. The summed E-state index contributed by atoms with van der Waals surface area (Å²) in [6, 6.07) is 0. The molecule has 0 amide bonds. The van der Waals surface area contributed by atoms with Crippen LogP contribution in [0.5, 0.6) is 0 Å². The number of rotatable bonds is 25. The third kappa shape index (κ3) is 26.0. The smallest absolute Gasteiger partial charge is 0.347 e. The van der Waals surface area contributed by atoms with Gasteiger partial charge in [-0.25, -0.2) is 4.79 Å². The Morgan fingerprint density at radius 2 is 0.701 bits per heavy atom. The van der Waals surface area contributed by atoms with Crippen molar-refractivity contribution in [3.05, 3.63) is 0 Å². The van der Waals surface area contributed by atoms with Crippen molar-refractivity contribution in [1.82, 2.24) is 0 Å². The van der Waals surface area contributed by atoms with E-state index in [2.05, 4.69) is 34.6 Å². The first-order valence-corrected chi connectivity index (χ1v) is 53.1. The molecular formula is C111H182O26. The molecule has 26 heteroatoms. The molecule has 782 valence electrons. The van der Waals surface area contributed by atoms with Gasteiger partial charge < -0.3 is 67.1 Å². The lowest BCUT2D eigenvalue weighted by Gasteiger charge is -2.59. The van der Waals surface area contributed by atoms with Crippen molar-refractivity contribution in [2.45, 2.75) is 509 Å². The quantitative estimate of drug-likeness (QED) is 0.0633. The van der Waals surface area contributed by atoms with Crippen LogP contribution in [0.4, 0.5) is 0 Å². The van der Waals surface area contributed by atoms with Crippen molar-refractivity contribution in [3.63, 3.8) is 0 Å². The summed E-state index contributed by atoms with van der Waals surface area (Å²) in [7, 11) is 0. The van der Waals surface area contributed by atoms with Gasteiger partial charge in [-0.05, 0) is 347 Å². The molecule has 12 bridgehead atoms. The first-order chi connectivity index (χ1) is 63.1. The molecule has 18 aliphatic rings. The highest BCUT2D eigenvalue weighted by molar-refractivity contribution is 5.84. The van der Waals surface area contributed by atoms with Gasteiger partial charge in [0.15, 0.2) is 5.60 Å². The van der Waals surface area contributed by atoms with Gasteiger partial charge in [-0.2, -0.15) is 0 Å². The Hall–Kier alpha value is -6.44. The van der Waals surface area contributed by atoms with Gasteiger partial charge in [0.1, 0.15) is 52.9 Å². The summed E-state index contributed by atoms with van der Waals surface area (Å²) in [6.45, 7) is 61.2. The molecule has 17 unspecified atom stereocenters. The fraction of sp³-hybridized carbons (Fsp3) is 0.892. The van der Waals surface area contributed by atoms with Crippen molar-refractivity contribution in [2.24, 2.45) is 114 Å². The molecule has 17 atom stereocenters. The number of hydrogen-bond donors (Lipinski definition) is 2. The summed E-state index contributed by atoms with van der Waals surface area (Å²) < 4.78 is 66.1. The van der Waals surface area contributed by atoms with Crippen molar-refractivity contribution >= 4 is 71.6 Å². The van der Waals surface area contributed by atoms with Gasteiger partial charge in [-0.1, -0.05) is 90.0 Å². The molecule has 2 N–H and O–H groups in total. The van der Waals surface area contributed by atoms with E-state index >= 15 is 0 Å². The van der Waals surface area contributed by atoms with Crippen LogP contribution < -0.4 is 0 Å². The number of hydrogen-bond acceptors (Lipinski definition) is 26. The van der Waals surface area contributed by atoms with Crippen LogP contribution in [-0.2, 0) is 114 Å². The van der Waals surface area contributed by atoms with E-state index in [1.54, 1.807) is 27.7 Å². The Bertz CT molecular complexity index is 4090. The van der Waals surface area contributed by atoms with Gasteiger partial charge in [0.25, 0.3) is 0 Å². The second kappa shape index (κ2) is 42.8. The van der Waals surface area contributed by atoms with Crippen molar-refractivity contribution in [3.8, 4) is 0 Å². The highest BCUT2D eigenvalue weighted by Crippen LogP contribution is 2.63. The van der Waals surface area contributed by atoms with Crippen LogP contribution in [0.25, 0.3) is 0 Å². The number of aliphatic hydroxyl groups is 2. The van der Waals surface area contributed by atoms with Gasteiger partial charge in [-0.3, -0.25) is 52.7 Å². The minimum atomic E-state index is -0.819.